The summed E-state index contributed by atoms with van der Waals surface area (Å²) in [6.45, 7) is 7.66. The van der Waals surface area contributed by atoms with Crippen LogP contribution in [0.15, 0.2) is 18.3 Å². The molecule has 0 atom stereocenters. The minimum Gasteiger partial charge on any atom is -0.383 e. The molecule has 1 N–H and O–H groups in total. The van der Waals surface area contributed by atoms with Crippen molar-refractivity contribution >= 4 is 11.6 Å². The van der Waals surface area contributed by atoms with E-state index in [-0.39, 0.29) is 5.91 Å². The Morgan fingerprint density at radius 3 is 2.86 bits per heavy atom. The molecule has 1 fully saturated rings. The number of carbonyl (C=O) groups is 1. The Morgan fingerprint density at radius 1 is 1.43 bits per heavy atom. The number of rotatable bonds is 9. The van der Waals surface area contributed by atoms with Gasteiger partial charge in [-0.1, -0.05) is 0 Å². The van der Waals surface area contributed by atoms with Crippen molar-refractivity contribution in [1.82, 2.24) is 9.88 Å². The monoisotopic (exact) mass is 291 g/mol. The second-order valence-electron chi connectivity index (χ2n) is 5.35. The Kier molecular flexibility index (Phi) is 5.99. The van der Waals surface area contributed by atoms with Gasteiger partial charge in [0.2, 0.25) is 0 Å². The van der Waals surface area contributed by atoms with E-state index in [1.165, 1.54) is 12.8 Å². The van der Waals surface area contributed by atoms with Crippen LogP contribution in [0.2, 0.25) is 0 Å². The third kappa shape index (κ3) is 5.01. The Labute approximate surface area is 126 Å². The summed E-state index contributed by atoms with van der Waals surface area (Å²) < 4.78 is 5.58. The first-order valence-corrected chi connectivity index (χ1v) is 7.81. The SMILES string of the molecule is CCN(CC)C(=O)c1cc(NCCOCC2CC2)ccn1. The predicted octanol–water partition coefficient (Wildman–Crippen LogP) is 2.40. The molecule has 1 aromatic heterocycles. The maximum absolute atomic E-state index is 12.2. The fourth-order valence-electron chi connectivity index (χ4n) is 2.13. The fourth-order valence-corrected chi connectivity index (χ4v) is 2.13. The summed E-state index contributed by atoms with van der Waals surface area (Å²) in [6.07, 6.45) is 4.30. The first-order valence-electron chi connectivity index (χ1n) is 7.81. The first-order chi connectivity index (χ1) is 10.2. The van der Waals surface area contributed by atoms with Gasteiger partial charge in [0.15, 0.2) is 0 Å². The molecule has 0 aromatic carbocycles. The molecule has 1 heterocycles. The molecule has 116 valence electrons. The molecule has 0 radical (unpaired) electrons. The van der Waals surface area contributed by atoms with Crippen LogP contribution in [0.1, 0.15) is 37.2 Å². The number of carbonyl (C=O) groups excluding carboxylic acids is 1. The van der Waals surface area contributed by atoms with E-state index in [4.69, 9.17) is 4.74 Å². The van der Waals surface area contributed by atoms with E-state index in [1.807, 2.05) is 26.0 Å². The highest BCUT2D eigenvalue weighted by atomic mass is 16.5. The summed E-state index contributed by atoms with van der Waals surface area (Å²) in [5, 5.41) is 3.27. The summed E-state index contributed by atoms with van der Waals surface area (Å²) >= 11 is 0. The molecular weight excluding hydrogens is 266 g/mol. The maximum Gasteiger partial charge on any atom is 0.272 e. The van der Waals surface area contributed by atoms with Gasteiger partial charge in [0.25, 0.3) is 5.91 Å². The number of pyridine rings is 1. The number of hydrogen-bond donors (Lipinski definition) is 1. The van der Waals surface area contributed by atoms with Crippen LogP contribution < -0.4 is 5.32 Å². The van der Waals surface area contributed by atoms with Gasteiger partial charge in [-0.2, -0.15) is 0 Å². The molecule has 0 bridgehead atoms. The van der Waals surface area contributed by atoms with Crippen LogP contribution in [-0.4, -0.2) is 48.6 Å². The lowest BCUT2D eigenvalue weighted by atomic mass is 10.2. The fraction of sp³-hybridized carbons (Fsp3) is 0.625. The van der Waals surface area contributed by atoms with Crippen molar-refractivity contribution < 1.29 is 9.53 Å². The first kappa shape index (κ1) is 15.8. The third-order valence-electron chi connectivity index (χ3n) is 3.66. The largest absolute Gasteiger partial charge is 0.383 e. The van der Waals surface area contributed by atoms with E-state index in [2.05, 4.69) is 10.3 Å². The van der Waals surface area contributed by atoms with Gasteiger partial charge >= 0.3 is 0 Å². The van der Waals surface area contributed by atoms with Gasteiger partial charge in [-0.15, -0.1) is 0 Å². The van der Waals surface area contributed by atoms with E-state index in [0.29, 0.717) is 25.4 Å². The van der Waals surface area contributed by atoms with Crippen molar-refractivity contribution in [3.63, 3.8) is 0 Å². The van der Waals surface area contributed by atoms with Crippen LogP contribution in [-0.2, 0) is 4.74 Å². The van der Waals surface area contributed by atoms with Crippen LogP contribution in [0.5, 0.6) is 0 Å². The number of aromatic nitrogens is 1. The molecule has 21 heavy (non-hydrogen) atoms. The van der Waals surface area contributed by atoms with Gasteiger partial charge in [0.1, 0.15) is 5.69 Å². The predicted molar refractivity (Wildman–Crippen MR) is 83.5 cm³/mol. The summed E-state index contributed by atoms with van der Waals surface area (Å²) in [6, 6.07) is 3.68. The highest BCUT2D eigenvalue weighted by molar-refractivity contribution is 5.93. The smallest absolute Gasteiger partial charge is 0.272 e. The molecule has 5 heteroatoms. The number of ether oxygens (including phenoxy) is 1. The molecule has 0 saturated heterocycles. The number of nitrogens with one attached hydrogen (secondary N) is 1. The van der Waals surface area contributed by atoms with Crippen molar-refractivity contribution in [2.24, 2.45) is 5.92 Å². The second kappa shape index (κ2) is 7.98. The molecule has 0 unspecified atom stereocenters. The summed E-state index contributed by atoms with van der Waals surface area (Å²) in [5.41, 5.74) is 1.40. The topological polar surface area (TPSA) is 54.5 Å². The number of amides is 1. The van der Waals surface area contributed by atoms with Crippen molar-refractivity contribution in [3.8, 4) is 0 Å². The molecule has 0 spiro atoms. The van der Waals surface area contributed by atoms with Crippen LogP contribution in [0.4, 0.5) is 5.69 Å². The van der Waals surface area contributed by atoms with Gasteiger partial charge in [-0.3, -0.25) is 9.78 Å². The van der Waals surface area contributed by atoms with E-state index in [0.717, 1.165) is 24.8 Å². The van der Waals surface area contributed by atoms with E-state index in [9.17, 15) is 4.79 Å². The average Bonchev–Trinajstić information content (AvgIpc) is 3.32. The lowest BCUT2D eigenvalue weighted by Gasteiger charge is -2.18. The lowest BCUT2D eigenvalue weighted by Crippen LogP contribution is -2.31. The second-order valence-corrected chi connectivity index (χ2v) is 5.35. The quantitative estimate of drug-likeness (QED) is 0.710. The lowest BCUT2D eigenvalue weighted by molar-refractivity contribution is 0.0767. The van der Waals surface area contributed by atoms with E-state index >= 15 is 0 Å². The van der Waals surface area contributed by atoms with E-state index in [1.54, 1.807) is 11.1 Å². The van der Waals surface area contributed by atoms with Gasteiger partial charge in [-0.25, -0.2) is 0 Å². The van der Waals surface area contributed by atoms with Gasteiger partial charge in [0.05, 0.1) is 6.61 Å². The zero-order chi connectivity index (χ0) is 15.1. The van der Waals surface area contributed by atoms with E-state index < -0.39 is 0 Å². The number of anilines is 1. The number of nitrogens with zero attached hydrogens (tertiary/aromatic N) is 2. The standard InChI is InChI=1S/C16H25N3O2/c1-3-19(4-2)16(20)15-11-14(7-8-18-15)17-9-10-21-12-13-5-6-13/h7-8,11,13H,3-6,9-10,12H2,1-2H3,(H,17,18). The normalized spacial score (nSPS) is 14.0. The molecule has 1 aliphatic rings. The molecular formula is C16H25N3O2. The Hall–Kier alpha value is -1.62. The highest BCUT2D eigenvalue weighted by Crippen LogP contribution is 2.28. The molecule has 2 rings (SSSR count). The Balaban J connectivity index is 1.80. The van der Waals surface area contributed by atoms with Crippen molar-refractivity contribution in [1.29, 1.82) is 0 Å². The van der Waals surface area contributed by atoms with Gasteiger partial charge < -0.3 is 15.0 Å². The zero-order valence-corrected chi connectivity index (χ0v) is 13.0. The van der Waals surface area contributed by atoms with Crippen molar-refractivity contribution in [3.05, 3.63) is 24.0 Å². The molecule has 1 saturated carbocycles. The minimum atomic E-state index is -0.0198. The zero-order valence-electron chi connectivity index (χ0n) is 13.0. The highest BCUT2D eigenvalue weighted by Gasteiger charge is 2.20. The average molecular weight is 291 g/mol. The van der Waals surface area contributed by atoms with Gasteiger partial charge in [0, 0.05) is 38.1 Å². The molecule has 1 aliphatic carbocycles. The van der Waals surface area contributed by atoms with Crippen molar-refractivity contribution in [2.45, 2.75) is 26.7 Å². The third-order valence-corrected chi connectivity index (χ3v) is 3.66. The maximum atomic E-state index is 12.2. The van der Waals surface area contributed by atoms with Crippen LogP contribution in [0, 0.1) is 5.92 Å². The molecule has 5 nitrogen and oxygen atoms in total. The molecule has 1 aromatic rings. The minimum absolute atomic E-state index is 0.0198. The summed E-state index contributed by atoms with van der Waals surface area (Å²) in [7, 11) is 0. The Bertz CT molecular complexity index is 457. The molecule has 0 aliphatic heterocycles. The number of hydrogen-bond acceptors (Lipinski definition) is 4. The summed E-state index contributed by atoms with van der Waals surface area (Å²) in [5.74, 6) is 0.776. The van der Waals surface area contributed by atoms with Crippen LogP contribution in [0.3, 0.4) is 0 Å². The van der Waals surface area contributed by atoms with Crippen molar-refractivity contribution in [2.75, 3.05) is 38.2 Å². The van der Waals surface area contributed by atoms with Crippen LogP contribution in [0.25, 0.3) is 0 Å². The summed E-state index contributed by atoms with van der Waals surface area (Å²) in [4.78, 5) is 18.2. The van der Waals surface area contributed by atoms with Gasteiger partial charge in [-0.05, 0) is 44.7 Å². The molecule has 1 amide bonds. The van der Waals surface area contributed by atoms with Crippen LogP contribution >= 0.6 is 0 Å². The Morgan fingerprint density at radius 2 is 2.19 bits per heavy atom.